The molecule has 0 radical (unpaired) electrons. The van der Waals surface area contributed by atoms with Gasteiger partial charge in [0.2, 0.25) is 0 Å². The number of likely N-dealkylation sites (tertiary alicyclic amines) is 1. The summed E-state index contributed by atoms with van der Waals surface area (Å²) in [6.45, 7) is 4.98. The Morgan fingerprint density at radius 2 is 1.94 bits per heavy atom. The van der Waals surface area contributed by atoms with Gasteiger partial charge in [-0.25, -0.2) is 0 Å². The minimum absolute atomic E-state index is 0.0819. The predicted octanol–water partition coefficient (Wildman–Crippen LogP) is 2.39. The molecule has 0 bridgehead atoms. The van der Waals surface area contributed by atoms with Crippen molar-refractivity contribution in [3.63, 3.8) is 0 Å². The van der Waals surface area contributed by atoms with E-state index >= 15 is 0 Å². The summed E-state index contributed by atoms with van der Waals surface area (Å²) in [7, 11) is 1.81. The zero-order valence-corrected chi connectivity index (χ0v) is 12.2. The van der Waals surface area contributed by atoms with Crippen molar-refractivity contribution in [1.82, 2.24) is 4.90 Å². The lowest BCUT2D eigenvalue weighted by molar-refractivity contribution is -0.00950. The van der Waals surface area contributed by atoms with Gasteiger partial charge in [-0.3, -0.25) is 4.90 Å². The first kappa shape index (κ1) is 14.3. The maximum absolute atomic E-state index is 6.12. The molecule has 3 heteroatoms. The predicted molar refractivity (Wildman–Crippen MR) is 75.6 cm³/mol. The van der Waals surface area contributed by atoms with E-state index in [2.05, 4.69) is 11.8 Å². The van der Waals surface area contributed by atoms with Crippen molar-refractivity contribution in [3.05, 3.63) is 0 Å². The highest BCUT2D eigenvalue weighted by Gasteiger charge is 2.43. The van der Waals surface area contributed by atoms with Crippen LogP contribution in [0.15, 0.2) is 0 Å². The zero-order valence-electron chi connectivity index (χ0n) is 12.2. The van der Waals surface area contributed by atoms with Crippen LogP contribution >= 0.6 is 0 Å². The fourth-order valence-corrected chi connectivity index (χ4v) is 4.19. The molecule has 0 aromatic rings. The summed E-state index contributed by atoms with van der Waals surface area (Å²) < 4.78 is 5.49. The van der Waals surface area contributed by atoms with Crippen LogP contribution in [-0.2, 0) is 4.74 Å². The van der Waals surface area contributed by atoms with Crippen LogP contribution in [0, 0.1) is 5.92 Å². The van der Waals surface area contributed by atoms with E-state index in [9.17, 15) is 0 Å². The first-order chi connectivity index (χ1) is 8.77. The summed E-state index contributed by atoms with van der Waals surface area (Å²) in [5, 5.41) is 0. The van der Waals surface area contributed by atoms with Crippen LogP contribution in [0.3, 0.4) is 0 Å². The Labute approximate surface area is 112 Å². The standard InChI is InChI=1S/C15H30N2O/c1-3-15(11-16,12-18-2)17-10-6-9-14(17)13-7-4-5-8-13/h13-14H,3-12,16H2,1-2H3. The molecule has 106 valence electrons. The van der Waals surface area contributed by atoms with Crippen LogP contribution in [0.25, 0.3) is 0 Å². The molecule has 0 spiro atoms. The first-order valence-corrected chi connectivity index (χ1v) is 7.73. The van der Waals surface area contributed by atoms with Gasteiger partial charge in [-0.1, -0.05) is 19.8 Å². The number of hydrogen-bond donors (Lipinski definition) is 1. The fraction of sp³-hybridized carbons (Fsp3) is 1.00. The van der Waals surface area contributed by atoms with Gasteiger partial charge < -0.3 is 10.5 Å². The summed E-state index contributed by atoms with van der Waals surface area (Å²) >= 11 is 0. The molecule has 2 rings (SSSR count). The lowest BCUT2D eigenvalue weighted by atomic mass is 9.89. The molecule has 2 atom stereocenters. The second-order valence-electron chi connectivity index (χ2n) is 6.16. The molecule has 1 heterocycles. The first-order valence-electron chi connectivity index (χ1n) is 7.73. The smallest absolute Gasteiger partial charge is 0.0659 e. The normalized spacial score (nSPS) is 29.8. The Morgan fingerprint density at radius 1 is 1.22 bits per heavy atom. The minimum atomic E-state index is 0.0819. The summed E-state index contributed by atoms with van der Waals surface area (Å²) in [5.41, 5.74) is 6.21. The molecular weight excluding hydrogens is 224 g/mol. The van der Waals surface area contributed by atoms with Gasteiger partial charge in [0, 0.05) is 19.7 Å². The van der Waals surface area contributed by atoms with Gasteiger partial charge in [0.1, 0.15) is 0 Å². The van der Waals surface area contributed by atoms with Crippen molar-refractivity contribution in [2.75, 3.05) is 26.8 Å². The highest BCUT2D eigenvalue weighted by molar-refractivity contribution is 4.99. The molecule has 0 aromatic heterocycles. The molecule has 2 N–H and O–H groups in total. The van der Waals surface area contributed by atoms with Crippen molar-refractivity contribution in [1.29, 1.82) is 0 Å². The third-order valence-corrected chi connectivity index (χ3v) is 5.30. The summed E-state index contributed by atoms with van der Waals surface area (Å²) in [6, 6.07) is 0.770. The average molecular weight is 254 g/mol. The second kappa shape index (κ2) is 6.36. The van der Waals surface area contributed by atoms with E-state index in [1.807, 2.05) is 0 Å². The van der Waals surface area contributed by atoms with Gasteiger partial charge in [-0.05, 0) is 44.6 Å². The van der Waals surface area contributed by atoms with Gasteiger partial charge in [-0.2, -0.15) is 0 Å². The van der Waals surface area contributed by atoms with Crippen molar-refractivity contribution >= 4 is 0 Å². The van der Waals surface area contributed by atoms with Crippen LogP contribution in [0.4, 0.5) is 0 Å². The van der Waals surface area contributed by atoms with Gasteiger partial charge in [0.05, 0.1) is 12.1 Å². The number of hydrogen-bond acceptors (Lipinski definition) is 3. The summed E-state index contributed by atoms with van der Waals surface area (Å²) in [6.07, 6.45) is 9.53. The van der Waals surface area contributed by atoms with Gasteiger partial charge in [0.25, 0.3) is 0 Å². The lowest BCUT2D eigenvalue weighted by Gasteiger charge is -2.45. The van der Waals surface area contributed by atoms with E-state index in [4.69, 9.17) is 10.5 Å². The molecule has 18 heavy (non-hydrogen) atoms. The number of nitrogens with zero attached hydrogens (tertiary/aromatic N) is 1. The Kier molecular flexibility index (Phi) is 5.05. The Morgan fingerprint density at radius 3 is 2.50 bits per heavy atom. The molecule has 3 nitrogen and oxygen atoms in total. The molecule has 1 aliphatic carbocycles. The van der Waals surface area contributed by atoms with E-state index in [-0.39, 0.29) is 5.54 Å². The Balaban J connectivity index is 2.12. The number of nitrogens with two attached hydrogens (primary N) is 1. The van der Waals surface area contributed by atoms with Gasteiger partial charge in [0.15, 0.2) is 0 Å². The van der Waals surface area contributed by atoms with Crippen LogP contribution in [-0.4, -0.2) is 43.3 Å². The van der Waals surface area contributed by atoms with Crippen molar-refractivity contribution < 1.29 is 4.74 Å². The van der Waals surface area contributed by atoms with E-state index in [0.29, 0.717) is 0 Å². The largest absolute Gasteiger partial charge is 0.383 e. The minimum Gasteiger partial charge on any atom is -0.383 e. The van der Waals surface area contributed by atoms with Crippen molar-refractivity contribution in [3.8, 4) is 0 Å². The third-order valence-electron chi connectivity index (χ3n) is 5.30. The average Bonchev–Trinajstić information content (AvgIpc) is 3.05. The van der Waals surface area contributed by atoms with Crippen LogP contribution in [0.1, 0.15) is 51.9 Å². The molecule has 1 saturated heterocycles. The molecule has 2 aliphatic rings. The summed E-state index contributed by atoms with van der Waals surface area (Å²) in [5.74, 6) is 0.918. The second-order valence-corrected chi connectivity index (χ2v) is 6.16. The number of rotatable bonds is 6. The zero-order chi connectivity index (χ0) is 13.0. The highest BCUT2D eigenvalue weighted by Crippen LogP contribution is 2.39. The van der Waals surface area contributed by atoms with E-state index < -0.39 is 0 Å². The number of methoxy groups -OCH3 is 1. The molecule has 0 amide bonds. The molecular formula is C15H30N2O. The SMILES string of the molecule is CCC(CN)(COC)N1CCCC1C1CCCC1. The molecule has 1 saturated carbocycles. The van der Waals surface area contributed by atoms with E-state index in [1.54, 1.807) is 7.11 Å². The number of ether oxygens (including phenoxy) is 1. The monoisotopic (exact) mass is 254 g/mol. The molecule has 1 aliphatic heterocycles. The highest BCUT2D eigenvalue weighted by atomic mass is 16.5. The van der Waals surface area contributed by atoms with Gasteiger partial charge in [-0.15, -0.1) is 0 Å². The molecule has 2 fully saturated rings. The Bertz CT molecular complexity index is 247. The maximum atomic E-state index is 6.12. The maximum Gasteiger partial charge on any atom is 0.0659 e. The van der Waals surface area contributed by atoms with Gasteiger partial charge >= 0.3 is 0 Å². The van der Waals surface area contributed by atoms with Crippen LogP contribution in [0.5, 0.6) is 0 Å². The molecule has 0 aromatic carbocycles. The third kappa shape index (κ3) is 2.59. The topological polar surface area (TPSA) is 38.5 Å². The van der Waals surface area contributed by atoms with Crippen molar-refractivity contribution in [2.24, 2.45) is 11.7 Å². The van der Waals surface area contributed by atoms with Crippen molar-refractivity contribution in [2.45, 2.75) is 63.5 Å². The van der Waals surface area contributed by atoms with E-state index in [0.717, 1.165) is 31.5 Å². The lowest BCUT2D eigenvalue weighted by Crippen LogP contribution is -2.59. The van der Waals surface area contributed by atoms with E-state index in [1.165, 1.54) is 45.1 Å². The fourth-order valence-electron chi connectivity index (χ4n) is 4.19. The Hall–Kier alpha value is -0.120. The molecule has 2 unspecified atom stereocenters. The van der Waals surface area contributed by atoms with Crippen LogP contribution in [0.2, 0.25) is 0 Å². The quantitative estimate of drug-likeness (QED) is 0.791. The summed E-state index contributed by atoms with van der Waals surface area (Å²) in [4.78, 5) is 2.71. The van der Waals surface area contributed by atoms with Crippen LogP contribution < -0.4 is 5.73 Å².